The van der Waals surface area contributed by atoms with Crippen molar-refractivity contribution in [2.45, 2.75) is 18.0 Å². The first-order valence-electron chi connectivity index (χ1n) is 7.91. The first kappa shape index (κ1) is 19.4. The molecule has 12 heteroatoms. The van der Waals surface area contributed by atoms with E-state index >= 15 is 0 Å². The van der Waals surface area contributed by atoms with Crippen LogP contribution in [-0.4, -0.2) is 23.3 Å². The molecule has 0 aliphatic carbocycles. The number of aromatic amines is 2. The van der Waals surface area contributed by atoms with E-state index in [2.05, 4.69) is 15.3 Å². The van der Waals surface area contributed by atoms with Crippen LogP contribution in [0.5, 0.6) is 0 Å². The molecule has 0 aliphatic rings. The second-order valence-electron chi connectivity index (χ2n) is 5.99. The molecule has 0 unspecified atom stereocenters. The van der Waals surface area contributed by atoms with E-state index in [1.54, 1.807) is 12.1 Å². The highest BCUT2D eigenvalue weighted by Crippen LogP contribution is 2.21. The van der Waals surface area contributed by atoms with Crippen LogP contribution in [0.3, 0.4) is 0 Å². The van der Waals surface area contributed by atoms with Crippen molar-refractivity contribution >= 4 is 26.7 Å². The zero-order chi connectivity index (χ0) is 20.5. The lowest BCUT2D eigenvalue weighted by Crippen LogP contribution is -2.29. The second-order valence-corrected chi connectivity index (χ2v) is 7.55. The molecule has 5 N–H and O–H groups in total. The normalized spacial score (nSPS) is 11.6. The van der Waals surface area contributed by atoms with Gasteiger partial charge in [0, 0.05) is 25.2 Å². The molecule has 0 amide bonds. The molecule has 146 valence electrons. The third-order valence-electron chi connectivity index (χ3n) is 4.01. The van der Waals surface area contributed by atoms with Gasteiger partial charge in [0.2, 0.25) is 10.0 Å². The van der Waals surface area contributed by atoms with Crippen LogP contribution in [0, 0.1) is 10.1 Å². The van der Waals surface area contributed by atoms with Crippen LogP contribution in [0.1, 0.15) is 11.1 Å². The molecule has 3 aromatic rings. The highest BCUT2D eigenvalue weighted by atomic mass is 32.2. The van der Waals surface area contributed by atoms with Gasteiger partial charge in [-0.05, 0) is 23.3 Å². The fraction of sp³-hybridized carbons (Fsp3) is 0.125. The Morgan fingerprint density at radius 2 is 1.68 bits per heavy atom. The van der Waals surface area contributed by atoms with Gasteiger partial charge in [-0.1, -0.05) is 12.1 Å². The number of sulfonamides is 1. The van der Waals surface area contributed by atoms with Crippen LogP contribution in [0.2, 0.25) is 0 Å². The molecule has 11 nitrogen and oxygen atoms in total. The van der Waals surface area contributed by atoms with Gasteiger partial charge in [0.15, 0.2) is 0 Å². The number of rotatable bonds is 6. The predicted octanol–water partition coefficient (Wildman–Crippen LogP) is 0.0618. The van der Waals surface area contributed by atoms with Crippen molar-refractivity contribution < 1.29 is 13.3 Å². The van der Waals surface area contributed by atoms with E-state index in [-0.39, 0.29) is 28.2 Å². The van der Waals surface area contributed by atoms with Gasteiger partial charge in [0.25, 0.3) is 5.69 Å². The summed E-state index contributed by atoms with van der Waals surface area (Å²) in [6.07, 6.45) is 0. The molecule has 0 spiro atoms. The minimum absolute atomic E-state index is 0.0116. The number of aromatic nitrogens is 2. The molecule has 0 atom stereocenters. The lowest BCUT2D eigenvalue weighted by Gasteiger charge is -2.09. The van der Waals surface area contributed by atoms with E-state index in [9.17, 15) is 28.1 Å². The smallest absolute Gasteiger partial charge is 0.314 e. The molecule has 0 radical (unpaired) electrons. The average Bonchev–Trinajstić information content (AvgIpc) is 2.62. The number of primary sulfonamides is 1. The zero-order valence-electron chi connectivity index (χ0n) is 14.3. The van der Waals surface area contributed by atoms with Crippen LogP contribution >= 0.6 is 0 Å². The van der Waals surface area contributed by atoms with Crippen LogP contribution in [-0.2, 0) is 23.1 Å². The number of nitro groups is 1. The SMILES string of the molecule is NS(=O)(=O)c1ccc(CNCc2cc([N+](=O)[O-])cc3[nH]c(=O)c(=O)[nH]c23)cc1. The monoisotopic (exact) mass is 405 g/mol. The zero-order valence-corrected chi connectivity index (χ0v) is 15.1. The van der Waals surface area contributed by atoms with E-state index < -0.39 is 26.1 Å². The van der Waals surface area contributed by atoms with Crippen LogP contribution < -0.4 is 21.6 Å². The van der Waals surface area contributed by atoms with Crippen molar-refractivity contribution in [3.8, 4) is 0 Å². The Morgan fingerprint density at radius 1 is 1.04 bits per heavy atom. The summed E-state index contributed by atoms with van der Waals surface area (Å²) in [7, 11) is -3.77. The highest BCUT2D eigenvalue weighted by molar-refractivity contribution is 7.89. The Morgan fingerprint density at radius 3 is 2.29 bits per heavy atom. The Hall–Kier alpha value is -3.35. The van der Waals surface area contributed by atoms with Crippen molar-refractivity contribution in [3.63, 3.8) is 0 Å². The Balaban J connectivity index is 1.85. The number of benzene rings is 2. The van der Waals surface area contributed by atoms with Crippen LogP contribution in [0.15, 0.2) is 50.9 Å². The second kappa shape index (κ2) is 7.34. The molecule has 1 heterocycles. The third-order valence-corrected chi connectivity index (χ3v) is 4.93. The van der Waals surface area contributed by atoms with E-state index in [1.807, 2.05) is 0 Å². The fourth-order valence-corrected chi connectivity index (χ4v) is 3.18. The summed E-state index contributed by atoms with van der Waals surface area (Å²) in [4.78, 5) is 38.3. The quantitative estimate of drug-likeness (QED) is 0.254. The minimum atomic E-state index is -3.77. The number of hydrogen-bond donors (Lipinski definition) is 4. The van der Waals surface area contributed by atoms with E-state index in [0.717, 1.165) is 5.56 Å². The molecule has 3 rings (SSSR count). The summed E-state index contributed by atoms with van der Waals surface area (Å²) in [6, 6.07) is 8.37. The van der Waals surface area contributed by atoms with Gasteiger partial charge in [0.05, 0.1) is 20.9 Å². The van der Waals surface area contributed by atoms with Crippen LogP contribution in [0.25, 0.3) is 11.0 Å². The minimum Gasteiger partial charge on any atom is -0.316 e. The van der Waals surface area contributed by atoms with Crippen molar-refractivity contribution in [2.24, 2.45) is 5.14 Å². The van der Waals surface area contributed by atoms with Gasteiger partial charge in [-0.2, -0.15) is 0 Å². The van der Waals surface area contributed by atoms with Gasteiger partial charge in [-0.3, -0.25) is 19.7 Å². The molecule has 0 saturated heterocycles. The van der Waals surface area contributed by atoms with E-state index in [1.165, 1.54) is 24.3 Å². The predicted molar refractivity (Wildman–Crippen MR) is 100 cm³/mol. The number of fused-ring (bicyclic) bond motifs is 1. The summed E-state index contributed by atoms with van der Waals surface area (Å²) >= 11 is 0. The summed E-state index contributed by atoms with van der Waals surface area (Å²) in [5.74, 6) is 0. The first-order chi connectivity index (χ1) is 13.1. The topological polar surface area (TPSA) is 181 Å². The van der Waals surface area contributed by atoms with Gasteiger partial charge in [-0.25, -0.2) is 13.6 Å². The highest BCUT2D eigenvalue weighted by Gasteiger charge is 2.14. The number of non-ortho nitro benzene ring substituents is 1. The molecular formula is C16H15N5O6S. The molecule has 0 bridgehead atoms. The average molecular weight is 405 g/mol. The summed E-state index contributed by atoms with van der Waals surface area (Å²) in [5, 5.41) is 19.2. The van der Waals surface area contributed by atoms with Crippen molar-refractivity contribution in [2.75, 3.05) is 0 Å². The summed E-state index contributed by atoms with van der Waals surface area (Å²) in [5.41, 5.74) is -0.393. The number of hydrogen-bond acceptors (Lipinski definition) is 7. The lowest BCUT2D eigenvalue weighted by atomic mass is 10.1. The Kier molecular flexibility index (Phi) is 5.09. The number of H-pyrrole nitrogens is 2. The fourth-order valence-electron chi connectivity index (χ4n) is 2.66. The van der Waals surface area contributed by atoms with Crippen molar-refractivity contribution in [1.29, 1.82) is 0 Å². The molecular weight excluding hydrogens is 390 g/mol. The number of nitro benzene ring substituents is 1. The van der Waals surface area contributed by atoms with Gasteiger partial charge in [-0.15, -0.1) is 0 Å². The molecule has 0 aliphatic heterocycles. The third kappa shape index (κ3) is 4.14. The molecule has 1 aromatic heterocycles. The molecule has 2 aromatic carbocycles. The number of nitrogens with zero attached hydrogens (tertiary/aromatic N) is 1. The maximum absolute atomic E-state index is 11.6. The largest absolute Gasteiger partial charge is 0.316 e. The van der Waals surface area contributed by atoms with E-state index in [0.29, 0.717) is 12.1 Å². The number of nitrogens with two attached hydrogens (primary N) is 1. The van der Waals surface area contributed by atoms with Gasteiger partial charge >= 0.3 is 11.1 Å². The summed E-state index contributed by atoms with van der Waals surface area (Å²) in [6.45, 7) is 0.472. The maximum Gasteiger partial charge on any atom is 0.314 e. The molecule has 0 fully saturated rings. The van der Waals surface area contributed by atoms with Gasteiger partial charge in [0.1, 0.15) is 0 Å². The first-order valence-corrected chi connectivity index (χ1v) is 9.46. The number of nitrogens with one attached hydrogen (secondary N) is 3. The standard InChI is InChI=1S/C16H15N5O6S/c17-28(26,27)12-3-1-9(2-4-12)7-18-8-10-5-11(21(24)25)6-13-14(10)20-16(23)15(22)19-13/h1-6,18H,7-8H2,(H,19,22)(H,20,23)(H2,17,26,27). The molecule has 0 saturated carbocycles. The van der Waals surface area contributed by atoms with Crippen molar-refractivity contribution in [3.05, 3.63) is 78.3 Å². The van der Waals surface area contributed by atoms with Crippen molar-refractivity contribution in [1.82, 2.24) is 15.3 Å². The molecule has 28 heavy (non-hydrogen) atoms. The lowest BCUT2D eigenvalue weighted by molar-refractivity contribution is -0.384. The van der Waals surface area contributed by atoms with E-state index in [4.69, 9.17) is 5.14 Å². The maximum atomic E-state index is 11.6. The Labute approximate surface area is 157 Å². The Bertz CT molecular complexity index is 1280. The van der Waals surface area contributed by atoms with Gasteiger partial charge < -0.3 is 15.3 Å². The summed E-state index contributed by atoms with van der Waals surface area (Å²) < 4.78 is 22.5. The van der Waals surface area contributed by atoms with Crippen LogP contribution in [0.4, 0.5) is 5.69 Å².